The molecule has 4 heteroatoms. The lowest BCUT2D eigenvalue weighted by molar-refractivity contribution is -0.123. The molecule has 0 bridgehead atoms. The number of amides is 1. The first-order chi connectivity index (χ1) is 11.3. The van der Waals surface area contributed by atoms with Gasteiger partial charge in [0.2, 0.25) is 5.91 Å². The molecule has 3 nitrogen and oxygen atoms in total. The third-order valence-corrected chi connectivity index (χ3v) is 5.98. The number of nitrogens with zero attached hydrogens (tertiary/aromatic N) is 1. The maximum absolute atomic E-state index is 12.5. The predicted octanol–water partition coefficient (Wildman–Crippen LogP) is 3.30. The van der Waals surface area contributed by atoms with Gasteiger partial charge in [-0.25, -0.2) is 0 Å². The third-order valence-electron chi connectivity index (χ3n) is 4.96. The standard InChI is InChI=1S/C19H22N2OS/c22-19(13-21-10-8-18-15(12-21)9-11-23-18)20-17-7-3-5-14-4-1-2-6-16(14)17/h1-2,4,6,9,11,17H,3,5,7-8,10,12-13H2,(H,20,22). The molecule has 1 atom stereocenters. The fourth-order valence-electron chi connectivity index (χ4n) is 3.79. The van der Waals surface area contributed by atoms with Crippen molar-refractivity contribution in [2.45, 2.75) is 38.3 Å². The minimum absolute atomic E-state index is 0.158. The molecule has 23 heavy (non-hydrogen) atoms. The van der Waals surface area contributed by atoms with Crippen LogP contribution in [0.15, 0.2) is 35.7 Å². The Morgan fingerprint density at radius 3 is 3.09 bits per heavy atom. The van der Waals surface area contributed by atoms with Crippen LogP contribution >= 0.6 is 11.3 Å². The minimum atomic E-state index is 0.158. The van der Waals surface area contributed by atoms with Crippen molar-refractivity contribution in [2.75, 3.05) is 13.1 Å². The lowest BCUT2D eigenvalue weighted by Crippen LogP contribution is -2.41. The molecule has 1 N–H and O–H groups in total. The van der Waals surface area contributed by atoms with Gasteiger partial charge in [-0.1, -0.05) is 24.3 Å². The Balaban J connectivity index is 1.38. The number of carbonyl (C=O) groups is 1. The Hall–Kier alpha value is -1.65. The van der Waals surface area contributed by atoms with Gasteiger partial charge in [0.25, 0.3) is 0 Å². The summed E-state index contributed by atoms with van der Waals surface area (Å²) in [5.74, 6) is 0.158. The fourth-order valence-corrected chi connectivity index (χ4v) is 4.68. The van der Waals surface area contributed by atoms with E-state index in [9.17, 15) is 4.79 Å². The van der Waals surface area contributed by atoms with E-state index in [1.54, 1.807) is 0 Å². The molecule has 1 amide bonds. The number of fused-ring (bicyclic) bond motifs is 2. The number of aryl methyl sites for hydroxylation is 1. The van der Waals surface area contributed by atoms with E-state index in [-0.39, 0.29) is 11.9 Å². The number of hydrogen-bond acceptors (Lipinski definition) is 3. The highest BCUT2D eigenvalue weighted by Crippen LogP contribution is 2.29. The average molecular weight is 326 g/mol. The molecule has 1 unspecified atom stereocenters. The Kier molecular flexibility index (Phi) is 4.19. The normalized spacial score (nSPS) is 20.6. The van der Waals surface area contributed by atoms with Gasteiger partial charge in [-0.2, -0.15) is 0 Å². The van der Waals surface area contributed by atoms with Crippen molar-refractivity contribution in [1.29, 1.82) is 0 Å². The van der Waals surface area contributed by atoms with Gasteiger partial charge in [0.1, 0.15) is 0 Å². The molecule has 0 saturated carbocycles. The lowest BCUT2D eigenvalue weighted by atomic mass is 9.88. The van der Waals surface area contributed by atoms with E-state index in [0.717, 1.165) is 38.8 Å². The van der Waals surface area contributed by atoms with Crippen molar-refractivity contribution in [3.63, 3.8) is 0 Å². The van der Waals surface area contributed by atoms with Gasteiger partial charge in [0, 0.05) is 18.0 Å². The van der Waals surface area contributed by atoms with Crippen LogP contribution in [-0.4, -0.2) is 23.9 Å². The van der Waals surface area contributed by atoms with Crippen LogP contribution in [0.1, 0.15) is 40.5 Å². The topological polar surface area (TPSA) is 32.3 Å². The van der Waals surface area contributed by atoms with Gasteiger partial charge < -0.3 is 5.32 Å². The molecule has 1 aliphatic carbocycles. The van der Waals surface area contributed by atoms with Gasteiger partial charge in [0.05, 0.1) is 12.6 Å². The smallest absolute Gasteiger partial charge is 0.234 e. The third kappa shape index (κ3) is 3.19. The first-order valence-corrected chi connectivity index (χ1v) is 9.32. The van der Waals surface area contributed by atoms with Crippen molar-refractivity contribution in [1.82, 2.24) is 10.2 Å². The number of thiophene rings is 1. The van der Waals surface area contributed by atoms with E-state index in [1.165, 1.54) is 21.6 Å². The molecule has 1 aromatic heterocycles. The molecule has 0 radical (unpaired) electrons. The summed E-state index contributed by atoms with van der Waals surface area (Å²) in [5.41, 5.74) is 4.10. The number of benzene rings is 1. The Morgan fingerprint density at radius 2 is 2.13 bits per heavy atom. The van der Waals surface area contributed by atoms with Crippen molar-refractivity contribution in [3.05, 3.63) is 57.3 Å². The molecular weight excluding hydrogens is 304 g/mol. The van der Waals surface area contributed by atoms with Crippen LogP contribution < -0.4 is 5.32 Å². The van der Waals surface area contributed by atoms with E-state index < -0.39 is 0 Å². The van der Waals surface area contributed by atoms with Crippen LogP contribution in [0.5, 0.6) is 0 Å². The van der Waals surface area contributed by atoms with E-state index >= 15 is 0 Å². The molecule has 0 spiro atoms. The largest absolute Gasteiger partial charge is 0.348 e. The number of rotatable bonds is 3. The van der Waals surface area contributed by atoms with Crippen LogP contribution in [0.25, 0.3) is 0 Å². The summed E-state index contributed by atoms with van der Waals surface area (Å²) in [6.07, 6.45) is 4.42. The molecular formula is C19H22N2OS. The highest BCUT2D eigenvalue weighted by Gasteiger charge is 2.23. The predicted molar refractivity (Wildman–Crippen MR) is 93.6 cm³/mol. The minimum Gasteiger partial charge on any atom is -0.348 e. The molecule has 2 heterocycles. The molecule has 1 aromatic carbocycles. The zero-order chi connectivity index (χ0) is 15.6. The molecule has 4 rings (SSSR count). The first-order valence-electron chi connectivity index (χ1n) is 8.44. The van der Waals surface area contributed by atoms with E-state index in [1.807, 2.05) is 11.3 Å². The van der Waals surface area contributed by atoms with E-state index in [4.69, 9.17) is 0 Å². The quantitative estimate of drug-likeness (QED) is 0.938. The number of nitrogens with one attached hydrogen (secondary N) is 1. The molecule has 1 aliphatic heterocycles. The Bertz CT molecular complexity index is 709. The maximum atomic E-state index is 12.5. The Labute approximate surface area is 141 Å². The molecule has 0 fully saturated rings. The highest BCUT2D eigenvalue weighted by atomic mass is 32.1. The van der Waals surface area contributed by atoms with Crippen LogP contribution in [0.3, 0.4) is 0 Å². The second-order valence-corrected chi connectivity index (χ2v) is 7.54. The fraction of sp³-hybridized carbons (Fsp3) is 0.421. The average Bonchev–Trinajstić information content (AvgIpc) is 3.03. The molecule has 0 saturated heterocycles. The van der Waals surface area contributed by atoms with Crippen LogP contribution in [0, 0.1) is 0 Å². The van der Waals surface area contributed by atoms with Gasteiger partial charge in [-0.05, 0) is 53.8 Å². The first kappa shape index (κ1) is 14.9. The second kappa shape index (κ2) is 6.46. The van der Waals surface area contributed by atoms with Crippen LogP contribution in [0.2, 0.25) is 0 Å². The molecule has 2 aromatic rings. The number of carbonyl (C=O) groups excluding carboxylic acids is 1. The van der Waals surface area contributed by atoms with Gasteiger partial charge in [-0.15, -0.1) is 11.3 Å². The summed E-state index contributed by atoms with van der Waals surface area (Å²) in [7, 11) is 0. The lowest BCUT2D eigenvalue weighted by Gasteiger charge is -2.29. The van der Waals surface area contributed by atoms with Crippen molar-refractivity contribution >= 4 is 17.2 Å². The summed E-state index contributed by atoms with van der Waals surface area (Å²) in [5, 5.41) is 5.42. The van der Waals surface area contributed by atoms with Gasteiger partial charge >= 0.3 is 0 Å². The van der Waals surface area contributed by atoms with E-state index in [2.05, 4.69) is 45.9 Å². The Morgan fingerprint density at radius 1 is 1.22 bits per heavy atom. The molecule has 120 valence electrons. The van der Waals surface area contributed by atoms with Crippen molar-refractivity contribution in [3.8, 4) is 0 Å². The van der Waals surface area contributed by atoms with Gasteiger partial charge in [-0.3, -0.25) is 9.69 Å². The summed E-state index contributed by atoms with van der Waals surface area (Å²) < 4.78 is 0. The van der Waals surface area contributed by atoms with Crippen molar-refractivity contribution in [2.24, 2.45) is 0 Å². The second-order valence-electron chi connectivity index (χ2n) is 6.54. The summed E-state index contributed by atoms with van der Waals surface area (Å²) in [4.78, 5) is 16.2. The number of hydrogen-bond donors (Lipinski definition) is 1. The summed E-state index contributed by atoms with van der Waals surface area (Å²) >= 11 is 1.84. The van der Waals surface area contributed by atoms with Gasteiger partial charge in [0.15, 0.2) is 0 Å². The van der Waals surface area contributed by atoms with Crippen molar-refractivity contribution < 1.29 is 4.79 Å². The van der Waals surface area contributed by atoms with Crippen LogP contribution in [-0.2, 0) is 24.2 Å². The maximum Gasteiger partial charge on any atom is 0.234 e. The monoisotopic (exact) mass is 326 g/mol. The zero-order valence-electron chi connectivity index (χ0n) is 13.3. The zero-order valence-corrected chi connectivity index (χ0v) is 14.1. The van der Waals surface area contributed by atoms with E-state index in [0.29, 0.717) is 6.54 Å². The highest BCUT2D eigenvalue weighted by molar-refractivity contribution is 7.10. The summed E-state index contributed by atoms with van der Waals surface area (Å²) in [6, 6.07) is 10.9. The molecule has 2 aliphatic rings. The van der Waals surface area contributed by atoms with Crippen LogP contribution in [0.4, 0.5) is 0 Å². The SMILES string of the molecule is O=C(CN1CCc2sccc2C1)NC1CCCc2ccccc21. The summed E-state index contributed by atoms with van der Waals surface area (Å²) in [6.45, 7) is 2.41.